The zero-order valence-electron chi connectivity index (χ0n) is 13.3. The lowest BCUT2D eigenvalue weighted by molar-refractivity contribution is -0.134. The van der Waals surface area contributed by atoms with Gasteiger partial charge in [0.1, 0.15) is 0 Å². The number of fused-ring (bicyclic) bond motifs is 1. The predicted octanol–water partition coefficient (Wildman–Crippen LogP) is 1.64. The Morgan fingerprint density at radius 3 is 2.67 bits per heavy atom. The van der Waals surface area contributed by atoms with Gasteiger partial charge in [-0.15, -0.1) is 0 Å². The SMILES string of the molecule is COC[C@@H](C)C(=O)N1[C@@H]2C[C@H]3CC[C@]2(CS1(=O)=O)C3(C)C. The molecule has 0 aromatic carbocycles. The van der Waals surface area contributed by atoms with Gasteiger partial charge in [-0.1, -0.05) is 20.8 Å². The van der Waals surface area contributed by atoms with Gasteiger partial charge in [-0.2, -0.15) is 0 Å². The number of nitrogens with zero attached hydrogens (tertiary/aromatic N) is 1. The van der Waals surface area contributed by atoms with Crippen molar-refractivity contribution in [3.8, 4) is 0 Å². The molecular formula is C15H25NO4S. The fourth-order valence-corrected chi connectivity index (χ4v) is 7.75. The van der Waals surface area contributed by atoms with Crippen molar-refractivity contribution in [3.63, 3.8) is 0 Å². The van der Waals surface area contributed by atoms with Gasteiger partial charge in [-0.3, -0.25) is 4.79 Å². The van der Waals surface area contributed by atoms with Gasteiger partial charge in [0.25, 0.3) is 0 Å². The molecule has 3 aliphatic rings. The van der Waals surface area contributed by atoms with E-state index in [1.54, 1.807) is 6.92 Å². The van der Waals surface area contributed by atoms with Crippen molar-refractivity contribution in [1.29, 1.82) is 0 Å². The Morgan fingerprint density at radius 2 is 2.10 bits per heavy atom. The molecule has 1 heterocycles. The average molecular weight is 315 g/mol. The van der Waals surface area contributed by atoms with Gasteiger partial charge in [-0.05, 0) is 30.6 Å². The molecule has 1 spiro atoms. The smallest absolute Gasteiger partial charge is 0.241 e. The topological polar surface area (TPSA) is 63.7 Å². The van der Waals surface area contributed by atoms with Crippen molar-refractivity contribution in [2.45, 2.75) is 46.1 Å². The number of methoxy groups -OCH3 is 1. The Bertz CT molecular complexity index is 570. The van der Waals surface area contributed by atoms with Gasteiger partial charge in [0, 0.05) is 12.5 Å². The van der Waals surface area contributed by atoms with Crippen LogP contribution in [0.3, 0.4) is 0 Å². The molecule has 6 heteroatoms. The average Bonchev–Trinajstić information content (AvgIpc) is 2.85. The minimum absolute atomic E-state index is 0.00423. The maximum atomic E-state index is 12.7. The number of hydrogen-bond donors (Lipinski definition) is 0. The molecule has 5 nitrogen and oxygen atoms in total. The first-order valence-electron chi connectivity index (χ1n) is 7.72. The van der Waals surface area contributed by atoms with E-state index in [4.69, 9.17) is 4.74 Å². The first-order chi connectivity index (χ1) is 9.67. The first-order valence-corrected chi connectivity index (χ1v) is 9.33. The highest BCUT2D eigenvalue weighted by Crippen LogP contribution is 2.70. The lowest BCUT2D eigenvalue weighted by Crippen LogP contribution is -2.46. The van der Waals surface area contributed by atoms with Crippen molar-refractivity contribution < 1.29 is 17.9 Å². The van der Waals surface area contributed by atoms with Gasteiger partial charge >= 0.3 is 0 Å². The van der Waals surface area contributed by atoms with E-state index in [9.17, 15) is 13.2 Å². The quantitative estimate of drug-likeness (QED) is 0.794. The third-order valence-electron chi connectivity index (χ3n) is 6.47. The molecule has 3 fully saturated rings. The molecule has 3 rings (SSSR count). The molecule has 2 saturated carbocycles. The minimum atomic E-state index is -3.50. The van der Waals surface area contributed by atoms with Crippen molar-refractivity contribution in [1.82, 2.24) is 4.31 Å². The van der Waals surface area contributed by atoms with E-state index in [0.717, 1.165) is 19.3 Å². The fraction of sp³-hybridized carbons (Fsp3) is 0.933. The Labute approximate surface area is 127 Å². The molecule has 21 heavy (non-hydrogen) atoms. The van der Waals surface area contributed by atoms with Crippen LogP contribution in [0.25, 0.3) is 0 Å². The van der Waals surface area contributed by atoms with Crippen LogP contribution < -0.4 is 0 Å². The highest BCUT2D eigenvalue weighted by atomic mass is 32.2. The standard InChI is InChI=1S/C15H25NO4S/c1-10(8-20-4)13(17)16-12-7-11-5-6-15(12,14(11,2)3)9-21(16,18)19/h10-12H,5-9H2,1-4H3/t10-,11-,12-,15-/m1/s1. The summed E-state index contributed by atoms with van der Waals surface area (Å²) in [5, 5.41) is 0. The van der Waals surface area contributed by atoms with Crippen molar-refractivity contribution in [3.05, 3.63) is 0 Å². The molecule has 0 N–H and O–H groups in total. The Hall–Kier alpha value is -0.620. The van der Waals surface area contributed by atoms with Crippen LogP contribution in [0.15, 0.2) is 0 Å². The van der Waals surface area contributed by atoms with Crippen LogP contribution in [0.2, 0.25) is 0 Å². The number of rotatable bonds is 3. The zero-order chi connectivity index (χ0) is 15.6. The minimum Gasteiger partial charge on any atom is -0.384 e. The summed E-state index contributed by atoms with van der Waals surface area (Å²) in [6, 6.07) is -0.136. The van der Waals surface area contributed by atoms with Crippen LogP contribution in [0.4, 0.5) is 0 Å². The molecule has 0 aromatic heterocycles. The van der Waals surface area contributed by atoms with Crippen molar-refractivity contribution in [2.24, 2.45) is 22.7 Å². The van der Waals surface area contributed by atoms with E-state index < -0.39 is 15.9 Å². The molecular weight excluding hydrogens is 290 g/mol. The molecule has 1 saturated heterocycles. The second kappa shape index (κ2) is 4.44. The van der Waals surface area contributed by atoms with Crippen molar-refractivity contribution >= 4 is 15.9 Å². The summed E-state index contributed by atoms with van der Waals surface area (Å²) < 4.78 is 31.6. The van der Waals surface area contributed by atoms with E-state index in [1.807, 2.05) is 0 Å². The van der Waals surface area contributed by atoms with Crippen LogP contribution >= 0.6 is 0 Å². The number of sulfonamides is 1. The van der Waals surface area contributed by atoms with Gasteiger partial charge in [0.2, 0.25) is 15.9 Å². The molecule has 2 aliphatic carbocycles. The number of amides is 1. The first kappa shape index (κ1) is 15.3. The normalized spacial score (nSPS) is 40.3. The summed E-state index contributed by atoms with van der Waals surface area (Å²) in [5.41, 5.74) is -0.233. The summed E-state index contributed by atoms with van der Waals surface area (Å²) in [7, 11) is -1.96. The summed E-state index contributed by atoms with van der Waals surface area (Å²) in [5.74, 6) is -0.0325. The summed E-state index contributed by atoms with van der Waals surface area (Å²) >= 11 is 0. The third-order valence-corrected chi connectivity index (χ3v) is 8.38. The summed E-state index contributed by atoms with van der Waals surface area (Å²) in [4.78, 5) is 12.6. The van der Waals surface area contributed by atoms with Gasteiger partial charge in [-0.25, -0.2) is 12.7 Å². The second-order valence-electron chi connectivity index (χ2n) is 7.61. The largest absolute Gasteiger partial charge is 0.384 e. The summed E-state index contributed by atoms with van der Waals surface area (Å²) in [6.45, 7) is 6.38. The monoisotopic (exact) mass is 315 g/mol. The van der Waals surface area contributed by atoms with Crippen LogP contribution in [0.5, 0.6) is 0 Å². The Kier molecular flexibility index (Phi) is 3.23. The van der Waals surface area contributed by atoms with Crippen LogP contribution in [0, 0.1) is 22.7 Å². The molecule has 1 amide bonds. The Balaban J connectivity index is 1.99. The highest BCUT2D eigenvalue weighted by Gasteiger charge is 2.72. The maximum Gasteiger partial charge on any atom is 0.241 e. The van der Waals surface area contributed by atoms with Gasteiger partial charge in [0.15, 0.2) is 0 Å². The van der Waals surface area contributed by atoms with Gasteiger partial charge < -0.3 is 4.74 Å². The van der Waals surface area contributed by atoms with E-state index in [-0.39, 0.29) is 35.1 Å². The van der Waals surface area contributed by atoms with E-state index in [2.05, 4.69) is 13.8 Å². The van der Waals surface area contributed by atoms with Gasteiger partial charge in [0.05, 0.1) is 24.3 Å². The molecule has 2 bridgehead atoms. The van der Waals surface area contributed by atoms with Crippen molar-refractivity contribution in [2.75, 3.05) is 19.5 Å². The number of carbonyl (C=O) groups excluding carboxylic acids is 1. The molecule has 4 atom stereocenters. The number of carbonyl (C=O) groups is 1. The Morgan fingerprint density at radius 1 is 1.43 bits per heavy atom. The maximum absolute atomic E-state index is 12.7. The highest BCUT2D eigenvalue weighted by molar-refractivity contribution is 7.90. The van der Waals surface area contributed by atoms with E-state index in [0.29, 0.717) is 5.92 Å². The van der Waals surface area contributed by atoms with Crippen LogP contribution in [-0.2, 0) is 19.6 Å². The third kappa shape index (κ3) is 1.78. The van der Waals surface area contributed by atoms with E-state index >= 15 is 0 Å². The molecule has 0 unspecified atom stereocenters. The molecule has 120 valence electrons. The predicted molar refractivity (Wildman–Crippen MR) is 79.0 cm³/mol. The van der Waals surface area contributed by atoms with Crippen LogP contribution in [-0.4, -0.2) is 44.1 Å². The summed E-state index contributed by atoms with van der Waals surface area (Å²) in [6.07, 6.45) is 2.85. The number of ether oxygens (including phenoxy) is 1. The second-order valence-corrected chi connectivity index (χ2v) is 9.46. The van der Waals surface area contributed by atoms with E-state index in [1.165, 1.54) is 11.4 Å². The fourth-order valence-electron chi connectivity index (χ4n) is 5.12. The lowest BCUT2D eigenvalue weighted by Gasteiger charge is -2.37. The molecule has 0 aromatic rings. The zero-order valence-corrected chi connectivity index (χ0v) is 14.1. The van der Waals surface area contributed by atoms with Crippen LogP contribution in [0.1, 0.15) is 40.0 Å². The number of hydrogen-bond acceptors (Lipinski definition) is 4. The molecule has 0 radical (unpaired) electrons. The molecule has 1 aliphatic heterocycles. The lowest BCUT2D eigenvalue weighted by atomic mass is 9.69.